The molecule has 0 radical (unpaired) electrons. The Bertz CT molecular complexity index is 719. The fourth-order valence-corrected chi connectivity index (χ4v) is 4.27. The maximum atomic E-state index is 11.8. The third kappa shape index (κ3) is 5.40. The van der Waals surface area contributed by atoms with Gasteiger partial charge in [-0.1, -0.05) is 19.9 Å². The van der Waals surface area contributed by atoms with Crippen LogP contribution in [-0.2, 0) is 9.84 Å². The standard InChI is InChI=1S/C17H27N3O4S/c1-13(2)11-19-9-5-6-14(12-19)10-18-15-7-4-8-16(25(3,23)24)17(15)20(21)22/h4,7-8,13-14,18H,5-6,9-12H2,1-3H3. The monoisotopic (exact) mass is 369 g/mol. The zero-order valence-corrected chi connectivity index (χ0v) is 15.9. The highest BCUT2D eigenvalue weighted by Crippen LogP contribution is 2.32. The van der Waals surface area contributed by atoms with E-state index in [0.29, 0.717) is 18.4 Å². The van der Waals surface area contributed by atoms with Gasteiger partial charge in [-0.2, -0.15) is 0 Å². The summed E-state index contributed by atoms with van der Waals surface area (Å²) < 4.78 is 23.6. The second-order valence-electron chi connectivity index (χ2n) is 7.22. The molecule has 7 nitrogen and oxygen atoms in total. The minimum Gasteiger partial charge on any atom is -0.379 e. The fraction of sp³-hybridized carbons (Fsp3) is 0.647. The van der Waals surface area contributed by atoms with Gasteiger partial charge >= 0.3 is 5.69 Å². The van der Waals surface area contributed by atoms with Gasteiger partial charge in [-0.05, 0) is 43.4 Å². The zero-order valence-electron chi connectivity index (χ0n) is 15.1. The SMILES string of the molecule is CC(C)CN1CCCC(CNc2cccc(S(C)(=O)=O)c2[N+](=O)[O-])C1. The summed E-state index contributed by atoms with van der Waals surface area (Å²) in [4.78, 5) is 13.0. The summed E-state index contributed by atoms with van der Waals surface area (Å²) in [5, 5.41) is 14.5. The van der Waals surface area contributed by atoms with E-state index in [1.54, 1.807) is 6.07 Å². The quantitative estimate of drug-likeness (QED) is 0.587. The number of benzene rings is 1. The molecule has 2 rings (SSSR count). The Morgan fingerprint density at radius 3 is 2.72 bits per heavy atom. The molecule has 1 saturated heterocycles. The molecule has 1 atom stereocenters. The van der Waals surface area contributed by atoms with Crippen molar-refractivity contribution in [2.75, 3.05) is 37.8 Å². The van der Waals surface area contributed by atoms with E-state index in [9.17, 15) is 18.5 Å². The van der Waals surface area contributed by atoms with E-state index >= 15 is 0 Å². The van der Waals surface area contributed by atoms with Gasteiger partial charge in [0.1, 0.15) is 10.6 Å². The van der Waals surface area contributed by atoms with Crippen LogP contribution in [0.15, 0.2) is 23.1 Å². The van der Waals surface area contributed by atoms with Gasteiger partial charge in [0, 0.05) is 25.9 Å². The van der Waals surface area contributed by atoms with Crippen molar-refractivity contribution in [2.24, 2.45) is 11.8 Å². The number of para-hydroxylation sites is 1. The minimum absolute atomic E-state index is 0.243. The Labute approximate surface area is 149 Å². The number of likely N-dealkylation sites (tertiary alicyclic amines) is 1. The molecule has 0 amide bonds. The molecule has 1 aromatic rings. The Hall–Kier alpha value is -1.67. The van der Waals surface area contributed by atoms with Gasteiger partial charge in [0.25, 0.3) is 0 Å². The number of hydrogen-bond acceptors (Lipinski definition) is 6. The molecule has 1 aliphatic rings. The van der Waals surface area contributed by atoms with E-state index in [1.807, 2.05) is 0 Å². The highest BCUT2D eigenvalue weighted by molar-refractivity contribution is 7.90. The number of nitrogens with one attached hydrogen (secondary N) is 1. The average molecular weight is 369 g/mol. The molecular weight excluding hydrogens is 342 g/mol. The molecule has 0 bridgehead atoms. The molecule has 0 spiro atoms. The number of anilines is 1. The van der Waals surface area contributed by atoms with Gasteiger partial charge in [-0.15, -0.1) is 0 Å². The summed E-state index contributed by atoms with van der Waals surface area (Å²) >= 11 is 0. The maximum absolute atomic E-state index is 11.8. The van der Waals surface area contributed by atoms with Crippen molar-refractivity contribution in [1.29, 1.82) is 0 Å². The van der Waals surface area contributed by atoms with Crippen molar-refractivity contribution in [3.63, 3.8) is 0 Å². The first-order valence-electron chi connectivity index (χ1n) is 8.62. The number of piperidine rings is 1. The second-order valence-corrected chi connectivity index (χ2v) is 9.21. The first-order chi connectivity index (χ1) is 11.7. The Morgan fingerprint density at radius 1 is 1.40 bits per heavy atom. The number of sulfone groups is 1. The Kier molecular flexibility index (Phi) is 6.40. The van der Waals surface area contributed by atoms with Crippen LogP contribution < -0.4 is 5.32 Å². The smallest absolute Gasteiger partial charge is 0.310 e. The average Bonchev–Trinajstić information content (AvgIpc) is 2.51. The van der Waals surface area contributed by atoms with E-state index in [4.69, 9.17) is 0 Å². The Balaban J connectivity index is 2.12. The summed E-state index contributed by atoms with van der Waals surface area (Å²) in [6.45, 7) is 8.11. The molecule has 8 heteroatoms. The molecule has 0 saturated carbocycles. The molecule has 0 aromatic heterocycles. The fourth-order valence-electron chi connectivity index (χ4n) is 3.41. The summed E-state index contributed by atoms with van der Waals surface area (Å²) in [5.41, 5.74) is -0.0891. The minimum atomic E-state index is -3.66. The topological polar surface area (TPSA) is 92.6 Å². The van der Waals surface area contributed by atoms with Crippen LogP contribution in [0.4, 0.5) is 11.4 Å². The van der Waals surface area contributed by atoms with Crippen LogP contribution in [0.1, 0.15) is 26.7 Å². The lowest BCUT2D eigenvalue weighted by atomic mass is 9.97. The molecule has 1 aromatic carbocycles. The van der Waals surface area contributed by atoms with Crippen LogP contribution in [0.25, 0.3) is 0 Å². The van der Waals surface area contributed by atoms with Crippen molar-refractivity contribution in [2.45, 2.75) is 31.6 Å². The highest BCUT2D eigenvalue weighted by Gasteiger charge is 2.27. The number of rotatable bonds is 7. The van der Waals surface area contributed by atoms with Crippen LogP contribution in [0.2, 0.25) is 0 Å². The molecular formula is C17H27N3O4S. The lowest BCUT2D eigenvalue weighted by Crippen LogP contribution is -2.39. The number of hydrogen-bond donors (Lipinski definition) is 1. The highest BCUT2D eigenvalue weighted by atomic mass is 32.2. The predicted octanol–water partition coefficient (Wildman–Crippen LogP) is 2.78. The summed E-state index contributed by atoms with van der Waals surface area (Å²) in [5.74, 6) is 1.01. The van der Waals surface area contributed by atoms with E-state index in [0.717, 1.165) is 38.7 Å². The maximum Gasteiger partial charge on any atom is 0.310 e. The lowest BCUT2D eigenvalue weighted by molar-refractivity contribution is -0.386. The predicted molar refractivity (Wildman–Crippen MR) is 98.7 cm³/mol. The second kappa shape index (κ2) is 8.14. The molecule has 0 aliphatic carbocycles. The first-order valence-corrected chi connectivity index (χ1v) is 10.5. The van der Waals surface area contributed by atoms with Gasteiger partial charge < -0.3 is 10.2 Å². The van der Waals surface area contributed by atoms with E-state index in [-0.39, 0.29) is 16.3 Å². The lowest BCUT2D eigenvalue weighted by Gasteiger charge is -2.34. The number of nitro groups is 1. The molecule has 1 N–H and O–H groups in total. The van der Waals surface area contributed by atoms with Gasteiger partial charge in [0.15, 0.2) is 9.84 Å². The van der Waals surface area contributed by atoms with E-state index in [1.165, 1.54) is 12.1 Å². The molecule has 1 heterocycles. The van der Waals surface area contributed by atoms with Crippen LogP contribution >= 0.6 is 0 Å². The van der Waals surface area contributed by atoms with Crippen LogP contribution in [0.3, 0.4) is 0 Å². The van der Waals surface area contributed by atoms with Gasteiger partial charge in [-0.25, -0.2) is 8.42 Å². The van der Waals surface area contributed by atoms with Gasteiger partial charge in [0.2, 0.25) is 0 Å². The van der Waals surface area contributed by atoms with E-state index < -0.39 is 14.8 Å². The van der Waals surface area contributed by atoms with Gasteiger partial charge in [0.05, 0.1) is 4.92 Å². The zero-order chi connectivity index (χ0) is 18.6. The van der Waals surface area contributed by atoms with Crippen molar-refractivity contribution in [3.8, 4) is 0 Å². The third-order valence-electron chi connectivity index (χ3n) is 4.39. The molecule has 1 fully saturated rings. The summed E-state index contributed by atoms with van der Waals surface area (Å²) in [7, 11) is -3.66. The van der Waals surface area contributed by atoms with Crippen LogP contribution in [0, 0.1) is 22.0 Å². The first kappa shape index (κ1) is 19.7. The number of nitro benzene ring substituents is 1. The third-order valence-corrected chi connectivity index (χ3v) is 5.52. The van der Waals surface area contributed by atoms with Crippen molar-refractivity contribution < 1.29 is 13.3 Å². The van der Waals surface area contributed by atoms with Crippen LogP contribution in [0.5, 0.6) is 0 Å². The molecule has 140 valence electrons. The summed E-state index contributed by atoms with van der Waals surface area (Å²) in [6.07, 6.45) is 3.18. The molecule has 1 aliphatic heterocycles. The largest absolute Gasteiger partial charge is 0.379 e. The van der Waals surface area contributed by atoms with Crippen molar-refractivity contribution in [1.82, 2.24) is 4.90 Å². The van der Waals surface area contributed by atoms with Crippen molar-refractivity contribution in [3.05, 3.63) is 28.3 Å². The molecule has 25 heavy (non-hydrogen) atoms. The van der Waals surface area contributed by atoms with E-state index in [2.05, 4.69) is 24.1 Å². The summed E-state index contributed by atoms with van der Waals surface area (Å²) in [6, 6.07) is 4.39. The Morgan fingerprint density at radius 2 is 2.12 bits per heavy atom. The van der Waals surface area contributed by atoms with Gasteiger partial charge in [-0.3, -0.25) is 10.1 Å². The van der Waals surface area contributed by atoms with Crippen molar-refractivity contribution >= 4 is 21.2 Å². The normalized spacial score (nSPS) is 19.1. The van der Waals surface area contributed by atoms with Crippen LogP contribution in [-0.4, -0.2) is 50.7 Å². The number of nitrogens with zero attached hydrogens (tertiary/aromatic N) is 2. The molecule has 1 unspecified atom stereocenters.